The van der Waals surface area contributed by atoms with E-state index in [-0.39, 0.29) is 6.04 Å². The first-order valence-electron chi connectivity index (χ1n) is 4.92. The average molecular weight is 194 g/mol. The molecule has 1 heterocycles. The fourth-order valence-electron chi connectivity index (χ4n) is 0.989. The molecule has 78 valence electrons. The fourth-order valence-corrected chi connectivity index (χ4v) is 0.989. The lowest BCUT2D eigenvalue weighted by atomic mass is 10.1. The van der Waals surface area contributed by atoms with Crippen LogP contribution in [0.4, 0.5) is 0 Å². The van der Waals surface area contributed by atoms with Crippen molar-refractivity contribution in [2.24, 2.45) is 11.7 Å². The quantitative estimate of drug-likeness (QED) is 0.774. The normalized spacial score (nSPS) is 13.1. The summed E-state index contributed by atoms with van der Waals surface area (Å²) in [5.74, 6) is 0.462. The van der Waals surface area contributed by atoms with Gasteiger partial charge in [-0.25, -0.2) is 0 Å². The number of rotatable bonds is 5. The summed E-state index contributed by atoms with van der Waals surface area (Å²) in [4.78, 5) is 4.01. The monoisotopic (exact) mass is 194 g/mol. The predicted octanol–water partition coefficient (Wildman–Crippen LogP) is 1.58. The van der Waals surface area contributed by atoms with Gasteiger partial charge in [-0.3, -0.25) is 4.98 Å². The lowest BCUT2D eigenvalue weighted by Crippen LogP contribution is -2.31. The third kappa shape index (κ3) is 3.85. The zero-order valence-electron chi connectivity index (χ0n) is 8.81. The highest BCUT2D eigenvalue weighted by atomic mass is 16.5. The van der Waals surface area contributed by atoms with Crippen molar-refractivity contribution in [3.63, 3.8) is 0 Å². The van der Waals surface area contributed by atoms with Crippen molar-refractivity contribution in [3.05, 3.63) is 30.1 Å². The molecular formula is C11H18N2O. The summed E-state index contributed by atoms with van der Waals surface area (Å²) in [5, 5.41) is 0. The molecule has 0 amide bonds. The molecule has 14 heavy (non-hydrogen) atoms. The minimum Gasteiger partial charge on any atom is -0.375 e. The SMILES string of the molecule is CC(C)[C@H](N)COCc1cccnc1. The van der Waals surface area contributed by atoms with Crippen molar-refractivity contribution in [3.8, 4) is 0 Å². The van der Waals surface area contributed by atoms with Crippen LogP contribution in [0.5, 0.6) is 0 Å². The van der Waals surface area contributed by atoms with Gasteiger partial charge in [0.2, 0.25) is 0 Å². The van der Waals surface area contributed by atoms with Gasteiger partial charge in [0.1, 0.15) is 0 Å². The highest BCUT2D eigenvalue weighted by molar-refractivity contribution is 5.06. The van der Waals surface area contributed by atoms with E-state index in [0.717, 1.165) is 5.56 Å². The number of ether oxygens (including phenoxy) is 1. The highest BCUT2D eigenvalue weighted by Crippen LogP contribution is 2.02. The molecular weight excluding hydrogens is 176 g/mol. The topological polar surface area (TPSA) is 48.1 Å². The van der Waals surface area contributed by atoms with Crippen molar-refractivity contribution in [1.29, 1.82) is 0 Å². The number of pyridine rings is 1. The molecule has 1 aromatic heterocycles. The minimum atomic E-state index is 0.117. The van der Waals surface area contributed by atoms with E-state index >= 15 is 0 Å². The predicted molar refractivity (Wildman–Crippen MR) is 56.7 cm³/mol. The summed E-state index contributed by atoms with van der Waals surface area (Å²) in [6, 6.07) is 4.02. The van der Waals surface area contributed by atoms with Crippen LogP contribution < -0.4 is 5.73 Å². The molecule has 0 fully saturated rings. The molecule has 0 aromatic carbocycles. The van der Waals surface area contributed by atoms with E-state index in [1.807, 2.05) is 12.1 Å². The Morgan fingerprint density at radius 2 is 2.29 bits per heavy atom. The lowest BCUT2D eigenvalue weighted by Gasteiger charge is -2.15. The minimum absolute atomic E-state index is 0.117. The number of nitrogens with two attached hydrogens (primary N) is 1. The summed E-state index contributed by atoms with van der Waals surface area (Å²) < 4.78 is 5.48. The maximum Gasteiger partial charge on any atom is 0.0732 e. The summed E-state index contributed by atoms with van der Waals surface area (Å²) >= 11 is 0. The van der Waals surface area contributed by atoms with Crippen LogP contribution in [-0.4, -0.2) is 17.6 Å². The molecule has 0 saturated carbocycles. The first-order valence-corrected chi connectivity index (χ1v) is 4.92. The third-order valence-electron chi connectivity index (χ3n) is 2.16. The first-order chi connectivity index (χ1) is 6.70. The van der Waals surface area contributed by atoms with Crippen molar-refractivity contribution < 1.29 is 4.74 Å². The van der Waals surface area contributed by atoms with Gasteiger partial charge in [0.15, 0.2) is 0 Å². The van der Waals surface area contributed by atoms with Crippen molar-refractivity contribution in [2.75, 3.05) is 6.61 Å². The van der Waals surface area contributed by atoms with Crippen molar-refractivity contribution >= 4 is 0 Å². The number of aromatic nitrogens is 1. The molecule has 0 aliphatic rings. The Hall–Kier alpha value is -0.930. The van der Waals surface area contributed by atoms with Crippen LogP contribution in [0.25, 0.3) is 0 Å². The Bertz CT molecular complexity index is 249. The summed E-state index contributed by atoms with van der Waals surface area (Å²) in [6.07, 6.45) is 3.56. The summed E-state index contributed by atoms with van der Waals surface area (Å²) in [6.45, 7) is 5.39. The maximum absolute atomic E-state index is 5.84. The molecule has 0 aliphatic heterocycles. The van der Waals surface area contributed by atoms with E-state index in [9.17, 15) is 0 Å². The molecule has 0 bridgehead atoms. The van der Waals surface area contributed by atoms with E-state index in [0.29, 0.717) is 19.1 Å². The van der Waals surface area contributed by atoms with Crippen LogP contribution in [-0.2, 0) is 11.3 Å². The van der Waals surface area contributed by atoms with E-state index in [4.69, 9.17) is 10.5 Å². The molecule has 0 unspecified atom stereocenters. The second kappa shape index (κ2) is 5.73. The highest BCUT2D eigenvalue weighted by Gasteiger charge is 2.06. The largest absolute Gasteiger partial charge is 0.375 e. The van der Waals surface area contributed by atoms with Gasteiger partial charge >= 0.3 is 0 Å². The molecule has 0 aliphatic carbocycles. The zero-order chi connectivity index (χ0) is 10.4. The second-order valence-corrected chi connectivity index (χ2v) is 3.78. The third-order valence-corrected chi connectivity index (χ3v) is 2.16. The number of hydrogen-bond acceptors (Lipinski definition) is 3. The molecule has 1 aromatic rings. The van der Waals surface area contributed by atoms with Crippen molar-refractivity contribution in [1.82, 2.24) is 4.98 Å². The van der Waals surface area contributed by atoms with Crippen LogP contribution >= 0.6 is 0 Å². The Kier molecular flexibility index (Phi) is 4.56. The van der Waals surface area contributed by atoms with Gasteiger partial charge in [0.05, 0.1) is 13.2 Å². The molecule has 0 spiro atoms. The Morgan fingerprint density at radius 3 is 2.86 bits per heavy atom. The van der Waals surface area contributed by atoms with E-state index in [2.05, 4.69) is 18.8 Å². The van der Waals surface area contributed by atoms with Gasteiger partial charge in [-0.15, -0.1) is 0 Å². The van der Waals surface area contributed by atoms with Gasteiger partial charge in [0.25, 0.3) is 0 Å². The van der Waals surface area contributed by atoms with Crippen molar-refractivity contribution in [2.45, 2.75) is 26.5 Å². The van der Waals surface area contributed by atoms with Crippen LogP contribution in [0.3, 0.4) is 0 Å². The molecule has 0 radical (unpaired) electrons. The van der Waals surface area contributed by atoms with E-state index in [1.54, 1.807) is 12.4 Å². The van der Waals surface area contributed by atoms with Gasteiger partial charge in [-0.2, -0.15) is 0 Å². The molecule has 1 rings (SSSR count). The van der Waals surface area contributed by atoms with Gasteiger partial charge in [-0.05, 0) is 17.5 Å². The van der Waals surface area contributed by atoms with E-state index < -0.39 is 0 Å². The first kappa shape index (κ1) is 11.1. The maximum atomic E-state index is 5.84. The zero-order valence-corrected chi connectivity index (χ0v) is 8.81. The smallest absolute Gasteiger partial charge is 0.0732 e. The summed E-state index contributed by atoms with van der Waals surface area (Å²) in [7, 11) is 0. The fraction of sp³-hybridized carbons (Fsp3) is 0.545. The van der Waals surface area contributed by atoms with Crippen LogP contribution in [0.1, 0.15) is 19.4 Å². The van der Waals surface area contributed by atoms with Crippen LogP contribution in [0.2, 0.25) is 0 Å². The number of hydrogen-bond donors (Lipinski definition) is 1. The molecule has 3 heteroatoms. The number of nitrogens with zero attached hydrogens (tertiary/aromatic N) is 1. The Morgan fingerprint density at radius 1 is 1.50 bits per heavy atom. The van der Waals surface area contributed by atoms with Crippen LogP contribution in [0, 0.1) is 5.92 Å². The Balaban J connectivity index is 2.22. The second-order valence-electron chi connectivity index (χ2n) is 3.78. The van der Waals surface area contributed by atoms with Gasteiger partial charge in [-0.1, -0.05) is 19.9 Å². The van der Waals surface area contributed by atoms with Gasteiger partial charge < -0.3 is 10.5 Å². The average Bonchev–Trinajstić information content (AvgIpc) is 2.19. The molecule has 3 nitrogen and oxygen atoms in total. The Labute approximate surface area is 85.3 Å². The molecule has 1 atom stereocenters. The van der Waals surface area contributed by atoms with E-state index in [1.165, 1.54) is 0 Å². The van der Waals surface area contributed by atoms with Gasteiger partial charge in [0, 0.05) is 18.4 Å². The summed E-state index contributed by atoms with van der Waals surface area (Å²) in [5.41, 5.74) is 6.93. The standard InChI is InChI=1S/C11H18N2O/c1-9(2)11(12)8-14-7-10-4-3-5-13-6-10/h3-6,9,11H,7-8,12H2,1-2H3/t11-/m1/s1. The molecule has 0 saturated heterocycles. The molecule has 2 N–H and O–H groups in total. The van der Waals surface area contributed by atoms with Crippen LogP contribution in [0.15, 0.2) is 24.5 Å². The lowest BCUT2D eigenvalue weighted by molar-refractivity contribution is 0.0971.